The molecule has 2 unspecified atom stereocenters. The molecule has 2 fully saturated rings. The average Bonchev–Trinajstić information content (AvgIpc) is 2.73. The van der Waals surface area contributed by atoms with Gasteiger partial charge in [-0.05, 0) is 57.9 Å². The molecule has 0 saturated carbocycles. The quantitative estimate of drug-likeness (QED) is 0.814. The lowest BCUT2D eigenvalue weighted by Crippen LogP contribution is -2.49. The average molecular weight is 256 g/mol. The van der Waals surface area contributed by atoms with Crippen molar-refractivity contribution in [1.29, 1.82) is 0 Å². The molecule has 2 aliphatic rings. The van der Waals surface area contributed by atoms with Crippen LogP contribution in [0.5, 0.6) is 0 Å². The van der Waals surface area contributed by atoms with Gasteiger partial charge in [-0.1, -0.05) is 6.92 Å². The van der Waals surface area contributed by atoms with E-state index in [9.17, 15) is 0 Å². The topological polar surface area (TPSA) is 15.3 Å². The van der Waals surface area contributed by atoms with Gasteiger partial charge in [-0.15, -0.1) is 0 Å². The molecule has 2 nitrogen and oxygen atoms in total. The lowest BCUT2D eigenvalue weighted by Gasteiger charge is -2.38. The summed E-state index contributed by atoms with van der Waals surface area (Å²) in [6.07, 6.45) is 6.85. The number of nitrogens with one attached hydrogen (secondary N) is 1. The van der Waals surface area contributed by atoms with Gasteiger partial charge in [0, 0.05) is 23.9 Å². The predicted molar refractivity (Wildman–Crippen MR) is 77.9 cm³/mol. The highest BCUT2D eigenvalue weighted by molar-refractivity contribution is 8.00. The summed E-state index contributed by atoms with van der Waals surface area (Å²) < 4.78 is 0.548. The van der Waals surface area contributed by atoms with Crippen molar-refractivity contribution in [2.75, 3.05) is 31.9 Å². The molecule has 0 aliphatic carbocycles. The van der Waals surface area contributed by atoms with Crippen molar-refractivity contribution >= 4 is 11.8 Å². The zero-order valence-corrected chi connectivity index (χ0v) is 12.3. The molecule has 0 radical (unpaired) electrons. The van der Waals surface area contributed by atoms with Gasteiger partial charge in [0.25, 0.3) is 0 Å². The molecule has 1 N–H and O–H groups in total. The zero-order chi connectivity index (χ0) is 12.1. The van der Waals surface area contributed by atoms with Gasteiger partial charge in [-0.2, -0.15) is 11.8 Å². The third kappa shape index (κ3) is 4.15. The fraction of sp³-hybridized carbons (Fsp3) is 1.00. The number of thioether (sulfide) groups is 1. The zero-order valence-electron chi connectivity index (χ0n) is 11.5. The summed E-state index contributed by atoms with van der Waals surface area (Å²) in [5.74, 6) is 1.38. The molecule has 0 aromatic heterocycles. The Morgan fingerprint density at radius 1 is 1.41 bits per heavy atom. The Hall–Kier alpha value is 0.270. The monoisotopic (exact) mass is 256 g/mol. The largest absolute Gasteiger partial charge is 0.313 e. The Morgan fingerprint density at radius 3 is 3.00 bits per heavy atom. The predicted octanol–water partition coefficient (Wildman–Crippen LogP) is 2.74. The Balaban J connectivity index is 1.76. The molecule has 2 saturated heterocycles. The van der Waals surface area contributed by atoms with Crippen molar-refractivity contribution in [3.8, 4) is 0 Å². The highest BCUT2D eigenvalue weighted by atomic mass is 32.2. The summed E-state index contributed by atoms with van der Waals surface area (Å²) in [5, 5.41) is 3.69. The molecule has 17 heavy (non-hydrogen) atoms. The van der Waals surface area contributed by atoms with Crippen LogP contribution in [0.25, 0.3) is 0 Å². The third-order valence-electron chi connectivity index (χ3n) is 4.05. The minimum Gasteiger partial charge on any atom is -0.313 e. The first kappa shape index (κ1) is 13.7. The molecule has 2 aliphatic heterocycles. The van der Waals surface area contributed by atoms with E-state index in [1.54, 1.807) is 0 Å². The second-order valence-electron chi connectivity index (χ2n) is 5.93. The Labute approximate surface area is 111 Å². The maximum absolute atomic E-state index is 3.69. The summed E-state index contributed by atoms with van der Waals surface area (Å²) in [7, 11) is 0. The van der Waals surface area contributed by atoms with Gasteiger partial charge in [-0.25, -0.2) is 0 Å². The van der Waals surface area contributed by atoms with Crippen molar-refractivity contribution in [3.63, 3.8) is 0 Å². The van der Waals surface area contributed by atoms with Crippen LogP contribution in [0.4, 0.5) is 0 Å². The van der Waals surface area contributed by atoms with Gasteiger partial charge in [0.2, 0.25) is 0 Å². The fourth-order valence-electron chi connectivity index (χ4n) is 3.15. The number of nitrogens with zero attached hydrogens (tertiary/aromatic N) is 1. The van der Waals surface area contributed by atoms with E-state index in [1.807, 2.05) is 0 Å². The number of hydrogen-bond acceptors (Lipinski definition) is 3. The van der Waals surface area contributed by atoms with Crippen LogP contribution in [0, 0.1) is 0 Å². The number of rotatable bonds is 5. The Kier molecular flexibility index (Phi) is 5.19. The molecule has 0 aromatic carbocycles. The van der Waals surface area contributed by atoms with Crippen LogP contribution in [-0.4, -0.2) is 47.6 Å². The lowest BCUT2D eigenvalue weighted by molar-refractivity contribution is 0.176. The number of hydrogen-bond donors (Lipinski definition) is 1. The smallest absolute Gasteiger partial charge is 0.0259 e. The second kappa shape index (κ2) is 6.44. The molecule has 0 aromatic rings. The van der Waals surface area contributed by atoms with Crippen LogP contribution in [0.3, 0.4) is 0 Å². The van der Waals surface area contributed by atoms with Gasteiger partial charge in [-0.3, -0.25) is 0 Å². The molecule has 100 valence electrons. The van der Waals surface area contributed by atoms with E-state index >= 15 is 0 Å². The van der Waals surface area contributed by atoms with Gasteiger partial charge in [0.15, 0.2) is 0 Å². The van der Waals surface area contributed by atoms with Crippen molar-refractivity contribution in [1.82, 2.24) is 10.2 Å². The molecular weight excluding hydrogens is 228 g/mol. The SMILES string of the molecule is CCCNC1CCCN(CC2(C)CCCS2)C1. The first-order chi connectivity index (χ1) is 8.22. The van der Waals surface area contributed by atoms with E-state index in [2.05, 4.69) is 35.8 Å². The van der Waals surface area contributed by atoms with Crippen LogP contribution < -0.4 is 5.32 Å². The fourth-order valence-corrected chi connectivity index (χ4v) is 4.49. The van der Waals surface area contributed by atoms with Crippen LogP contribution in [0.15, 0.2) is 0 Å². The van der Waals surface area contributed by atoms with E-state index in [-0.39, 0.29) is 0 Å². The first-order valence-electron chi connectivity index (χ1n) is 7.31. The summed E-state index contributed by atoms with van der Waals surface area (Å²) in [4.78, 5) is 2.70. The maximum Gasteiger partial charge on any atom is 0.0259 e. The molecule has 0 spiro atoms. The van der Waals surface area contributed by atoms with E-state index < -0.39 is 0 Å². The molecule has 3 heteroatoms. The minimum absolute atomic E-state index is 0.548. The van der Waals surface area contributed by atoms with Gasteiger partial charge in [0.1, 0.15) is 0 Å². The van der Waals surface area contributed by atoms with Crippen LogP contribution in [0.2, 0.25) is 0 Å². The summed E-state index contributed by atoms with van der Waals surface area (Å²) in [6.45, 7) is 9.81. The van der Waals surface area contributed by atoms with E-state index in [0.717, 1.165) is 6.04 Å². The van der Waals surface area contributed by atoms with Crippen molar-refractivity contribution in [2.45, 2.75) is 56.7 Å². The van der Waals surface area contributed by atoms with Crippen molar-refractivity contribution < 1.29 is 0 Å². The van der Waals surface area contributed by atoms with Crippen molar-refractivity contribution in [2.24, 2.45) is 0 Å². The molecule has 0 amide bonds. The molecule has 2 heterocycles. The molecule has 2 atom stereocenters. The van der Waals surface area contributed by atoms with E-state index in [1.165, 1.54) is 64.0 Å². The van der Waals surface area contributed by atoms with Crippen LogP contribution >= 0.6 is 11.8 Å². The standard InChI is InChI=1S/C14H28N2S/c1-3-8-15-13-6-4-9-16(11-13)12-14(2)7-5-10-17-14/h13,15H,3-12H2,1-2H3. The normalized spacial score (nSPS) is 35.3. The first-order valence-corrected chi connectivity index (χ1v) is 8.30. The lowest BCUT2D eigenvalue weighted by atomic mass is 10.0. The minimum atomic E-state index is 0.548. The summed E-state index contributed by atoms with van der Waals surface area (Å²) >= 11 is 2.20. The highest BCUT2D eigenvalue weighted by Gasteiger charge is 2.32. The summed E-state index contributed by atoms with van der Waals surface area (Å²) in [5.41, 5.74) is 0. The van der Waals surface area contributed by atoms with Gasteiger partial charge >= 0.3 is 0 Å². The second-order valence-corrected chi connectivity index (χ2v) is 7.61. The van der Waals surface area contributed by atoms with Gasteiger partial charge < -0.3 is 10.2 Å². The molecule has 2 rings (SSSR count). The Morgan fingerprint density at radius 2 is 2.29 bits per heavy atom. The van der Waals surface area contributed by atoms with E-state index in [0.29, 0.717) is 4.75 Å². The van der Waals surface area contributed by atoms with E-state index in [4.69, 9.17) is 0 Å². The molecular formula is C14H28N2S. The summed E-state index contributed by atoms with van der Waals surface area (Å²) in [6, 6.07) is 0.749. The van der Waals surface area contributed by atoms with Gasteiger partial charge in [0.05, 0.1) is 0 Å². The number of likely N-dealkylation sites (tertiary alicyclic amines) is 1. The maximum atomic E-state index is 3.69. The molecule has 0 bridgehead atoms. The Bertz CT molecular complexity index is 226. The van der Waals surface area contributed by atoms with Crippen molar-refractivity contribution in [3.05, 3.63) is 0 Å². The number of piperidine rings is 1. The highest BCUT2D eigenvalue weighted by Crippen LogP contribution is 2.38. The third-order valence-corrected chi connectivity index (χ3v) is 5.57. The van der Waals surface area contributed by atoms with Crippen LogP contribution in [0.1, 0.15) is 46.0 Å². The van der Waals surface area contributed by atoms with Crippen LogP contribution in [-0.2, 0) is 0 Å².